The van der Waals surface area contributed by atoms with Crippen molar-refractivity contribution in [2.24, 2.45) is 35.5 Å². The highest BCUT2D eigenvalue weighted by atomic mass is 35.5. The number of aliphatic hydroxyl groups is 1. The van der Waals surface area contributed by atoms with E-state index in [0.717, 1.165) is 19.3 Å². The quantitative estimate of drug-likeness (QED) is 0.236. The molecule has 6 aliphatic rings. The molecule has 342 valence electrons. The monoisotopic (exact) mass is 874 g/mol. The lowest BCUT2D eigenvalue weighted by Crippen LogP contribution is -2.59. The van der Waals surface area contributed by atoms with Gasteiger partial charge < -0.3 is 53.2 Å². The molecule has 1 aromatic rings. The summed E-state index contributed by atoms with van der Waals surface area (Å²) >= 11 is 6.77. The first-order valence-electron chi connectivity index (χ1n) is 22.8. The van der Waals surface area contributed by atoms with E-state index in [9.17, 15) is 9.90 Å². The van der Waals surface area contributed by atoms with Gasteiger partial charge in [0.1, 0.15) is 24.4 Å². The van der Waals surface area contributed by atoms with Crippen molar-refractivity contribution in [2.75, 3.05) is 40.7 Å². The van der Waals surface area contributed by atoms with Gasteiger partial charge in [-0.05, 0) is 121 Å². The molecule has 0 amide bonds. The highest BCUT2D eigenvalue weighted by molar-refractivity contribution is 6.33. The molecular formula is C47H71ClN2O11. The van der Waals surface area contributed by atoms with E-state index in [2.05, 4.69) is 37.3 Å². The van der Waals surface area contributed by atoms with Crippen LogP contribution >= 0.6 is 11.6 Å². The maximum atomic E-state index is 15.2. The van der Waals surface area contributed by atoms with Crippen molar-refractivity contribution in [1.29, 1.82) is 0 Å². The van der Waals surface area contributed by atoms with Gasteiger partial charge in [0.15, 0.2) is 18.4 Å². The number of esters is 1. The minimum atomic E-state index is -0.848. The van der Waals surface area contributed by atoms with Crippen LogP contribution in [0.25, 0.3) is 0 Å². The van der Waals surface area contributed by atoms with Crippen LogP contribution in [0.2, 0.25) is 5.02 Å². The van der Waals surface area contributed by atoms with E-state index in [1.54, 1.807) is 21.3 Å². The first-order valence-corrected chi connectivity index (χ1v) is 23.2. The number of fused-ring (bicyclic) bond motifs is 5. The third kappa shape index (κ3) is 9.77. The third-order valence-electron chi connectivity index (χ3n) is 15.1. The van der Waals surface area contributed by atoms with Crippen LogP contribution in [0.3, 0.4) is 0 Å². The second-order valence-corrected chi connectivity index (χ2v) is 19.2. The van der Waals surface area contributed by atoms with Gasteiger partial charge in [-0.15, -0.1) is 0 Å². The van der Waals surface area contributed by atoms with Crippen LogP contribution in [0.4, 0.5) is 5.69 Å². The Balaban J connectivity index is 1.21. The van der Waals surface area contributed by atoms with Crippen molar-refractivity contribution in [3.8, 4) is 0 Å². The summed E-state index contributed by atoms with van der Waals surface area (Å²) in [6.07, 6.45) is 3.21. The lowest BCUT2D eigenvalue weighted by molar-refractivity contribution is -0.314. The number of benzene rings is 1. The van der Waals surface area contributed by atoms with Gasteiger partial charge in [-0.25, -0.2) is 0 Å². The lowest BCUT2D eigenvalue weighted by atomic mass is 9.62. The lowest BCUT2D eigenvalue weighted by Gasteiger charge is -2.48. The number of hydrogen-bond acceptors (Lipinski definition) is 13. The van der Waals surface area contributed by atoms with Crippen molar-refractivity contribution < 1.29 is 52.6 Å². The zero-order chi connectivity index (χ0) is 43.7. The molecule has 19 atom stereocenters. The number of ketones is 1. The Morgan fingerprint density at radius 3 is 2.28 bits per heavy atom. The molecule has 2 N–H and O–H groups in total. The molecule has 3 aliphatic carbocycles. The van der Waals surface area contributed by atoms with Crippen LogP contribution in [0.1, 0.15) is 85.5 Å². The van der Waals surface area contributed by atoms with Crippen molar-refractivity contribution in [2.45, 2.75) is 165 Å². The molecule has 4 unspecified atom stereocenters. The number of rotatable bonds is 11. The first-order chi connectivity index (χ1) is 29.3. The number of hydrogen-bond donors (Lipinski definition) is 2. The number of Topliss-reactive ketones (excluding diaryl/α,β-unsaturated/α-hetero) is 1. The smallest absolute Gasteiger partial charge is 0.306 e. The van der Waals surface area contributed by atoms with Crippen molar-refractivity contribution >= 4 is 29.0 Å². The van der Waals surface area contributed by atoms with Gasteiger partial charge in [0.2, 0.25) is 0 Å². The van der Waals surface area contributed by atoms with Crippen molar-refractivity contribution in [3.63, 3.8) is 0 Å². The Hall–Kier alpha value is -2.17. The molecule has 61 heavy (non-hydrogen) atoms. The fraction of sp³-hybridized carbons (Fsp3) is 0.787. The fourth-order valence-corrected chi connectivity index (χ4v) is 12.2. The largest absolute Gasteiger partial charge is 0.462 e. The standard InChI is InChI=1S/C47H71ClN2O11/c1-10-27-14-13-17-37(61-39-19-18-36(50(5)6)25(3)57-39)24(2)42(52)33-22-30-29-20-28(60-47-46(56-9)45(55-8)44(54-7)26(4)58-47)21-32(29)43(53)41(40(30)31(33)23-38(51)59-27)49-35-16-12-11-15-34(35)48/h11-12,15-16,22,24-32,36-37,39-41,43-47,49,53H,10,13-14,17-21,23H2,1-9H3/t24-,25?,26?,27+,28+,29+,30+,31-,32-,36+,37+,39+,40-,41-,43-,44+,45?,46?,47+/m1/s1. The van der Waals surface area contributed by atoms with E-state index in [1.165, 1.54) is 0 Å². The number of methoxy groups -OCH3 is 3. The van der Waals surface area contributed by atoms with Gasteiger partial charge >= 0.3 is 5.97 Å². The molecular weight excluding hydrogens is 804 g/mol. The maximum absolute atomic E-state index is 15.2. The number of cyclic esters (lactones) is 1. The van der Waals surface area contributed by atoms with Gasteiger partial charge in [0, 0.05) is 39.2 Å². The predicted molar refractivity (Wildman–Crippen MR) is 230 cm³/mol. The van der Waals surface area contributed by atoms with E-state index >= 15 is 4.79 Å². The molecule has 7 rings (SSSR count). The molecule has 0 spiro atoms. The summed E-state index contributed by atoms with van der Waals surface area (Å²) in [5, 5.41) is 16.8. The number of carbonyl (C=O) groups excluding carboxylic acids is 2. The summed E-state index contributed by atoms with van der Waals surface area (Å²) in [5.41, 5.74) is 1.30. The highest BCUT2D eigenvalue weighted by Crippen LogP contribution is 2.58. The Morgan fingerprint density at radius 2 is 1.61 bits per heavy atom. The van der Waals surface area contributed by atoms with Crippen LogP contribution in [0.15, 0.2) is 35.9 Å². The molecule has 3 heterocycles. The topological polar surface area (TPSA) is 143 Å². The number of ether oxygens (including phenoxy) is 8. The van der Waals surface area contributed by atoms with Gasteiger partial charge in [-0.2, -0.15) is 0 Å². The van der Waals surface area contributed by atoms with Crippen LogP contribution in [0.5, 0.6) is 0 Å². The maximum Gasteiger partial charge on any atom is 0.306 e. The summed E-state index contributed by atoms with van der Waals surface area (Å²) in [6.45, 7) is 8.04. The van der Waals surface area contributed by atoms with Crippen LogP contribution in [-0.2, 0) is 47.5 Å². The van der Waals surface area contributed by atoms with E-state index in [0.29, 0.717) is 54.4 Å². The number of halogens is 1. The van der Waals surface area contributed by atoms with E-state index in [-0.39, 0.29) is 72.4 Å². The number of aliphatic hydroxyl groups excluding tert-OH is 1. The molecule has 1 aromatic carbocycles. The molecule has 0 aromatic heterocycles. The molecule has 13 nitrogen and oxygen atoms in total. The Morgan fingerprint density at radius 1 is 0.885 bits per heavy atom. The first kappa shape index (κ1) is 46.8. The summed E-state index contributed by atoms with van der Waals surface area (Å²) in [4.78, 5) is 31.4. The zero-order valence-electron chi connectivity index (χ0n) is 37.6. The van der Waals surface area contributed by atoms with Gasteiger partial charge in [-0.3, -0.25) is 9.59 Å². The average molecular weight is 876 g/mol. The van der Waals surface area contributed by atoms with E-state index in [4.69, 9.17) is 49.5 Å². The number of nitrogens with zero attached hydrogens (tertiary/aromatic N) is 1. The average Bonchev–Trinajstić information content (AvgIpc) is 3.82. The second kappa shape index (κ2) is 20.3. The molecule has 5 fully saturated rings. The van der Waals surface area contributed by atoms with Crippen molar-refractivity contribution in [1.82, 2.24) is 4.90 Å². The van der Waals surface area contributed by atoms with E-state index < -0.39 is 54.9 Å². The summed E-state index contributed by atoms with van der Waals surface area (Å²) in [6, 6.07) is 7.24. The number of anilines is 1. The number of para-hydroxylation sites is 1. The molecule has 3 saturated heterocycles. The minimum absolute atomic E-state index is 0.0155. The zero-order valence-corrected chi connectivity index (χ0v) is 38.3. The highest BCUT2D eigenvalue weighted by Gasteiger charge is 2.60. The normalized spacial score (nSPS) is 43.3. The fourth-order valence-electron chi connectivity index (χ4n) is 12.0. The van der Waals surface area contributed by atoms with Gasteiger partial charge in [-0.1, -0.05) is 43.7 Å². The summed E-state index contributed by atoms with van der Waals surface area (Å²) in [7, 11) is 9.03. The molecule has 14 heteroatoms. The molecule has 0 bridgehead atoms. The number of nitrogens with one attached hydrogen (secondary N) is 1. The van der Waals surface area contributed by atoms with E-state index in [1.807, 2.05) is 45.0 Å². The Bertz CT molecular complexity index is 1680. The third-order valence-corrected chi connectivity index (χ3v) is 15.4. The SMILES string of the molecule is CC[C@H]1CCC[C@H](O[C@H]2CC[C@H](N(C)C)C(C)O2)[C@@H](C)C(=O)C2=C[C@H]3[C@@H]4C[C@H](O[C@@H]5OC(C)[C@H](OC)C(OC)C5OC)C[C@H]4[C@@H](O)[C@H](Nc4ccccc4Cl)[C@H]3[C@@H]2CC(=O)O1. The minimum Gasteiger partial charge on any atom is -0.462 e. The van der Waals surface area contributed by atoms with Crippen molar-refractivity contribution in [3.05, 3.63) is 40.9 Å². The van der Waals surface area contributed by atoms with Crippen LogP contribution < -0.4 is 5.32 Å². The molecule has 3 aliphatic heterocycles. The second-order valence-electron chi connectivity index (χ2n) is 18.8. The number of carbonyl (C=O) groups is 2. The molecule has 2 saturated carbocycles. The van der Waals surface area contributed by atoms with Crippen LogP contribution in [-0.4, -0.2) is 137 Å². The Labute approximate surface area is 367 Å². The summed E-state index contributed by atoms with van der Waals surface area (Å²) in [5.74, 6) is -2.07. The summed E-state index contributed by atoms with van der Waals surface area (Å²) < 4.78 is 50.1. The van der Waals surface area contributed by atoms with Gasteiger partial charge in [0.25, 0.3) is 0 Å². The number of likely N-dealkylation sites (N-methyl/N-ethyl adjacent to an activating group) is 1. The Kier molecular flexibility index (Phi) is 15.6. The van der Waals surface area contributed by atoms with Gasteiger partial charge in [0.05, 0.1) is 53.7 Å². The predicted octanol–water partition coefficient (Wildman–Crippen LogP) is 6.43. The number of allylic oxidation sites excluding steroid dienone is 2. The van der Waals surface area contributed by atoms with Crippen LogP contribution in [0, 0.1) is 35.5 Å². The molecule has 0 radical (unpaired) electrons.